The molecule has 0 aliphatic rings. The van der Waals surface area contributed by atoms with E-state index in [0.717, 1.165) is 33.3 Å². The number of carbonyl (C=O) groups excluding carboxylic acids is 1. The van der Waals surface area contributed by atoms with Crippen LogP contribution in [-0.4, -0.2) is 5.91 Å². The lowest BCUT2D eigenvalue weighted by Gasteiger charge is -2.21. The summed E-state index contributed by atoms with van der Waals surface area (Å²) in [5.74, 6) is -0.0247. The van der Waals surface area contributed by atoms with Crippen LogP contribution in [0.2, 0.25) is 0 Å². The molecule has 4 aromatic rings. The third-order valence-electron chi connectivity index (χ3n) is 3.95. The van der Waals surface area contributed by atoms with Crippen LogP contribution in [0.5, 0.6) is 0 Å². The summed E-state index contributed by atoms with van der Waals surface area (Å²) in [6.45, 7) is 1.57. The Morgan fingerprint density at radius 2 is 1.48 bits per heavy atom. The van der Waals surface area contributed by atoms with E-state index in [9.17, 15) is 4.79 Å². The van der Waals surface area contributed by atoms with Crippen LogP contribution in [0.25, 0.3) is 21.9 Å². The van der Waals surface area contributed by atoms with E-state index in [0.29, 0.717) is 0 Å². The van der Waals surface area contributed by atoms with Gasteiger partial charge in [-0.1, -0.05) is 36.4 Å². The normalized spacial score (nSPS) is 11.0. The van der Waals surface area contributed by atoms with Gasteiger partial charge in [0.05, 0.1) is 0 Å². The average molecular weight is 301 g/mol. The van der Waals surface area contributed by atoms with Crippen LogP contribution in [0.1, 0.15) is 6.92 Å². The topological polar surface area (TPSA) is 33.5 Å². The van der Waals surface area contributed by atoms with Crippen molar-refractivity contribution in [2.45, 2.75) is 6.92 Å². The number of nitrogens with zero attached hydrogens (tertiary/aromatic N) is 1. The number of amides is 1. The van der Waals surface area contributed by atoms with Gasteiger partial charge in [0.1, 0.15) is 11.2 Å². The predicted molar refractivity (Wildman–Crippen MR) is 93.0 cm³/mol. The maximum Gasteiger partial charge on any atom is 0.228 e. The lowest BCUT2D eigenvalue weighted by molar-refractivity contribution is -0.115. The van der Waals surface area contributed by atoms with Gasteiger partial charge in [0.25, 0.3) is 0 Å². The lowest BCUT2D eigenvalue weighted by Crippen LogP contribution is -2.22. The van der Waals surface area contributed by atoms with Crippen molar-refractivity contribution in [2.75, 3.05) is 4.90 Å². The van der Waals surface area contributed by atoms with Crippen molar-refractivity contribution < 1.29 is 9.21 Å². The lowest BCUT2D eigenvalue weighted by atomic mass is 10.1. The first-order valence-electron chi connectivity index (χ1n) is 7.51. The van der Waals surface area contributed by atoms with Crippen molar-refractivity contribution in [2.24, 2.45) is 0 Å². The monoisotopic (exact) mass is 301 g/mol. The molecule has 0 saturated carbocycles. The van der Waals surface area contributed by atoms with Crippen LogP contribution in [0, 0.1) is 0 Å². The second-order valence-electron chi connectivity index (χ2n) is 5.47. The van der Waals surface area contributed by atoms with Gasteiger partial charge < -0.3 is 4.42 Å². The molecule has 112 valence electrons. The molecule has 0 radical (unpaired) electrons. The van der Waals surface area contributed by atoms with E-state index in [2.05, 4.69) is 0 Å². The zero-order valence-corrected chi connectivity index (χ0v) is 12.7. The fraction of sp³-hybridized carbons (Fsp3) is 0.0500. The van der Waals surface area contributed by atoms with E-state index in [4.69, 9.17) is 4.42 Å². The zero-order chi connectivity index (χ0) is 15.8. The van der Waals surface area contributed by atoms with Gasteiger partial charge in [-0.25, -0.2) is 0 Å². The van der Waals surface area contributed by atoms with Crippen LogP contribution >= 0.6 is 0 Å². The molecule has 0 fully saturated rings. The first-order valence-corrected chi connectivity index (χ1v) is 7.51. The first kappa shape index (κ1) is 13.6. The molecule has 3 nitrogen and oxygen atoms in total. The minimum atomic E-state index is -0.0247. The Morgan fingerprint density at radius 3 is 2.26 bits per heavy atom. The zero-order valence-electron chi connectivity index (χ0n) is 12.7. The molecule has 1 amide bonds. The Balaban J connectivity index is 1.93. The van der Waals surface area contributed by atoms with Gasteiger partial charge in [-0.15, -0.1) is 0 Å². The molecule has 3 aromatic carbocycles. The molecule has 1 heterocycles. The smallest absolute Gasteiger partial charge is 0.228 e. The summed E-state index contributed by atoms with van der Waals surface area (Å²) in [5, 5.41) is 2.07. The Kier molecular flexibility index (Phi) is 3.12. The fourth-order valence-corrected chi connectivity index (χ4v) is 2.94. The molecule has 0 bridgehead atoms. The minimum absolute atomic E-state index is 0.0247. The second kappa shape index (κ2) is 5.29. The predicted octanol–water partition coefficient (Wildman–Crippen LogP) is 5.27. The van der Waals surface area contributed by atoms with Crippen molar-refractivity contribution in [1.82, 2.24) is 0 Å². The van der Waals surface area contributed by atoms with Crippen LogP contribution in [0.3, 0.4) is 0 Å². The molecule has 4 rings (SSSR count). The van der Waals surface area contributed by atoms with Gasteiger partial charge in [-0.2, -0.15) is 0 Å². The summed E-state index contributed by atoms with van der Waals surface area (Å²) < 4.78 is 5.85. The van der Waals surface area contributed by atoms with E-state index in [-0.39, 0.29) is 5.91 Å². The Labute approximate surface area is 133 Å². The quantitative estimate of drug-likeness (QED) is 0.505. The maximum atomic E-state index is 12.2. The number of fused-ring (bicyclic) bond motifs is 3. The first-order chi connectivity index (χ1) is 11.2. The molecule has 23 heavy (non-hydrogen) atoms. The molecule has 0 aliphatic heterocycles. The number of benzene rings is 3. The molecule has 0 unspecified atom stereocenters. The molecule has 3 heteroatoms. The Bertz CT molecular complexity index is 1000. The SMILES string of the molecule is CC(=O)N(c1ccccc1)c1ccc2oc3ccccc3c2c1. The van der Waals surface area contributed by atoms with Crippen molar-refractivity contribution in [1.29, 1.82) is 0 Å². The van der Waals surface area contributed by atoms with E-state index < -0.39 is 0 Å². The molecule has 0 spiro atoms. The molecule has 0 aliphatic carbocycles. The Hall–Kier alpha value is -3.07. The van der Waals surface area contributed by atoms with Gasteiger partial charge in [-0.05, 0) is 36.4 Å². The molecule has 0 N–H and O–H groups in total. The van der Waals surface area contributed by atoms with Crippen molar-refractivity contribution in [3.05, 3.63) is 72.8 Å². The number of carbonyl (C=O) groups is 1. The van der Waals surface area contributed by atoms with Crippen molar-refractivity contribution in [3.63, 3.8) is 0 Å². The average Bonchev–Trinajstić information content (AvgIpc) is 2.94. The van der Waals surface area contributed by atoms with Crippen LogP contribution in [0.15, 0.2) is 77.2 Å². The van der Waals surface area contributed by atoms with Crippen molar-refractivity contribution >= 4 is 39.2 Å². The molecular formula is C20H15NO2. The number of hydrogen-bond donors (Lipinski definition) is 0. The third-order valence-corrected chi connectivity index (χ3v) is 3.95. The summed E-state index contributed by atoms with van der Waals surface area (Å²) in [5.41, 5.74) is 3.37. The van der Waals surface area contributed by atoms with E-state index in [1.165, 1.54) is 0 Å². The highest BCUT2D eigenvalue weighted by molar-refractivity contribution is 6.08. The number of furan rings is 1. The summed E-state index contributed by atoms with van der Waals surface area (Å²) in [7, 11) is 0. The number of anilines is 2. The summed E-state index contributed by atoms with van der Waals surface area (Å²) in [6.07, 6.45) is 0. The number of para-hydroxylation sites is 2. The highest BCUT2D eigenvalue weighted by Gasteiger charge is 2.16. The molecule has 1 aromatic heterocycles. The van der Waals surface area contributed by atoms with E-state index in [1.807, 2.05) is 72.8 Å². The van der Waals surface area contributed by atoms with Crippen LogP contribution in [-0.2, 0) is 4.79 Å². The standard InChI is InChI=1S/C20H15NO2/c1-14(22)21(15-7-3-2-4-8-15)16-11-12-20-18(13-16)17-9-5-6-10-19(17)23-20/h2-13H,1H3. The third kappa shape index (κ3) is 2.27. The van der Waals surface area contributed by atoms with Crippen molar-refractivity contribution in [3.8, 4) is 0 Å². The van der Waals surface area contributed by atoms with Gasteiger partial charge in [-0.3, -0.25) is 9.69 Å². The van der Waals surface area contributed by atoms with Crippen LogP contribution in [0.4, 0.5) is 11.4 Å². The fourth-order valence-electron chi connectivity index (χ4n) is 2.94. The molecular weight excluding hydrogens is 286 g/mol. The second-order valence-corrected chi connectivity index (χ2v) is 5.47. The van der Waals surface area contributed by atoms with Gasteiger partial charge in [0, 0.05) is 29.1 Å². The molecule has 0 atom stereocenters. The maximum absolute atomic E-state index is 12.2. The number of rotatable bonds is 2. The molecule has 0 saturated heterocycles. The van der Waals surface area contributed by atoms with Gasteiger partial charge >= 0.3 is 0 Å². The minimum Gasteiger partial charge on any atom is -0.456 e. The summed E-state index contributed by atoms with van der Waals surface area (Å²) in [6, 6.07) is 23.4. The summed E-state index contributed by atoms with van der Waals surface area (Å²) in [4.78, 5) is 13.9. The van der Waals surface area contributed by atoms with E-state index >= 15 is 0 Å². The van der Waals surface area contributed by atoms with Crippen LogP contribution < -0.4 is 4.90 Å². The summed E-state index contributed by atoms with van der Waals surface area (Å²) >= 11 is 0. The highest BCUT2D eigenvalue weighted by Crippen LogP contribution is 2.34. The Morgan fingerprint density at radius 1 is 0.783 bits per heavy atom. The number of hydrogen-bond acceptors (Lipinski definition) is 2. The van der Waals surface area contributed by atoms with E-state index in [1.54, 1.807) is 11.8 Å². The largest absolute Gasteiger partial charge is 0.456 e. The van der Waals surface area contributed by atoms with Gasteiger partial charge in [0.15, 0.2) is 0 Å². The van der Waals surface area contributed by atoms with Gasteiger partial charge in [0.2, 0.25) is 5.91 Å². The highest BCUT2D eigenvalue weighted by atomic mass is 16.3.